The van der Waals surface area contributed by atoms with Crippen molar-refractivity contribution in [3.8, 4) is 0 Å². The zero-order valence-corrected chi connectivity index (χ0v) is 10.8. The molecular formula is C13H22N4. The van der Waals surface area contributed by atoms with Crippen LogP contribution in [0.15, 0.2) is 6.07 Å². The van der Waals surface area contributed by atoms with Crippen molar-refractivity contribution < 1.29 is 0 Å². The van der Waals surface area contributed by atoms with Gasteiger partial charge in [-0.25, -0.2) is 9.97 Å². The maximum atomic E-state index is 4.50. The molecule has 0 aliphatic carbocycles. The van der Waals surface area contributed by atoms with E-state index < -0.39 is 0 Å². The summed E-state index contributed by atoms with van der Waals surface area (Å²) in [7, 11) is 0. The number of rotatable bonds is 4. The second-order valence-electron chi connectivity index (χ2n) is 4.74. The monoisotopic (exact) mass is 234 g/mol. The minimum absolute atomic E-state index is 0.775. The summed E-state index contributed by atoms with van der Waals surface area (Å²) in [6.07, 6.45) is 3.42. The second kappa shape index (κ2) is 5.96. The summed E-state index contributed by atoms with van der Waals surface area (Å²) in [5.41, 5.74) is 1.05. The maximum Gasteiger partial charge on any atom is 0.130 e. The Morgan fingerprint density at radius 2 is 2.12 bits per heavy atom. The Morgan fingerprint density at radius 3 is 2.82 bits per heavy atom. The van der Waals surface area contributed by atoms with Crippen LogP contribution in [0.2, 0.25) is 0 Å². The Bertz CT molecular complexity index is 358. The van der Waals surface area contributed by atoms with Crippen LogP contribution in [-0.4, -0.2) is 29.6 Å². The highest BCUT2D eigenvalue weighted by Crippen LogP contribution is 2.13. The number of piperidine rings is 1. The van der Waals surface area contributed by atoms with E-state index in [1.54, 1.807) is 0 Å². The van der Waals surface area contributed by atoms with E-state index >= 15 is 0 Å². The smallest absolute Gasteiger partial charge is 0.130 e. The van der Waals surface area contributed by atoms with Crippen molar-refractivity contribution in [2.45, 2.75) is 33.1 Å². The Morgan fingerprint density at radius 1 is 1.35 bits per heavy atom. The van der Waals surface area contributed by atoms with Gasteiger partial charge in [0.05, 0.1) is 0 Å². The molecule has 2 rings (SSSR count). The molecule has 0 aromatic carbocycles. The highest BCUT2D eigenvalue weighted by molar-refractivity contribution is 5.35. The number of hydrogen-bond donors (Lipinski definition) is 2. The third-order valence-corrected chi connectivity index (χ3v) is 3.25. The Labute approximate surface area is 103 Å². The molecule has 4 nitrogen and oxygen atoms in total. The summed E-state index contributed by atoms with van der Waals surface area (Å²) < 4.78 is 0. The van der Waals surface area contributed by atoms with Gasteiger partial charge in [0.25, 0.3) is 0 Å². The van der Waals surface area contributed by atoms with E-state index in [0.29, 0.717) is 0 Å². The van der Waals surface area contributed by atoms with Crippen molar-refractivity contribution >= 4 is 5.82 Å². The van der Waals surface area contributed by atoms with Gasteiger partial charge in [-0.15, -0.1) is 0 Å². The fourth-order valence-electron chi connectivity index (χ4n) is 2.21. The van der Waals surface area contributed by atoms with Crippen LogP contribution < -0.4 is 10.6 Å². The van der Waals surface area contributed by atoms with Crippen LogP contribution in [0.4, 0.5) is 5.82 Å². The lowest BCUT2D eigenvalue weighted by Crippen LogP contribution is -2.31. The molecule has 0 bridgehead atoms. The number of hydrogen-bond acceptors (Lipinski definition) is 4. The van der Waals surface area contributed by atoms with Gasteiger partial charge in [-0.3, -0.25) is 0 Å². The molecule has 0 saturated carbocycles. The van der Waals surface area contributed by atoms with Gasteiger partial charge in [0, 0.05) is 24.7 Å². The van der Waals surface area contributed by atoms with Gasteiger partial charge in [-0.1, -0.05) is 6.92 Å². The van der Waals surface area contributed by atoms with Crippen LogP contribution >= 0.6 is 0 Å². The molecule has 0 amide bonds. The normalized spacial score (nSPS) is 17.1. The van der Waals surface area contributed by atoms with Crippen LogP contribution in [0.25, 0.3) is 0 Å². The van der Waals surface area contributed by atoms with Crippen LogP contribution in [0, 0.1) is 12.8 Å². The molecule has 1 aromatic heterocycles. The van der Waals surface area contributed by atoms with Gasteiger partial charge in [0.1, 0.15) is 11.6 Å². The summed E-state index contributed by atoms with van der Waals surface area (Å²) in [5, 5.41) is 6.84. The largest absolute Gasteiger partial charge is 0.370 e. The second-order valence-corrected chi connectivity index (χ2v) is 4.74. The number of nitrogens with zero attached hydrogens (tertiary/aromatic N) is 2. The molecule has 4 heteroatoms. The van der Waals surface area contributed by atoms with Crippen LogP contribution in [0.3, 0.4) is 0 Å². The highest BCUT2D eigenvalue weighted by Gasteiger charge is 2.12. The standard InChI is InChI=1S/C13H22N4/c1-3-12-16-10(2)8-13(17-12)15-9-11-4-6-14-7-5-11/h8,11,14H,3-7,9H2,1-2H3,(H,15,16,17). The third-order valence-electron chi connectivity index (χ3n) is 3.25. The molecule has 1 fully saturated rings. The molecule has 2 N–H and O–H groups in total. The molecule has 1 aliphatic rings. The van der Waals surface area contributed by atoms with E-state index in [-0.39, 0.29) is 0 Å². The van der Waals surface area contributed by atoms with Crippen molar-refractivity contribution in [3.05, 3.63) is 17.6 Å². The Hall–Kier alpha value is -1.16. The highest BCUT2D eigenvalue weighted by atomic mass is 15.0. The molecule has 17 heavy (non-hydrogen) atoms. The van der Waals surface area contributed by atoms with E-state index in [1.807, 2.05) is 13.0 Å². The molecular weight excluding hydrogens is 212 g/mol. The summed E-state index contributed by atoms with van der Waals surface area (Å²) in [6.45, 7) is 7.44. The number of aromatic nitrogens is 2. The fourth-order valence-corrected chi connectivity index (χ4v) is 2.21. The van der Waals surface area contributed by atoms with Crippen molar-refractivity contribution in [2.75, 3.05) is 25.0 Å². The van der Waals surface area contributed by atoms with Gasteiger partial charge < -0.3 is 10.6 Å². The lowest BCUT2D eigenvalue weighted by Gasteiger charge is -2.23. The molecule has 0 radical (unpaired) electrons. The SMILES string of the molecule is CCc1nc(C)cc(NCC2CCNCC2)n1. The first-order chi connectivity index (χ1) is 8.28. The molecule has 1 aliphatic heterocycles. The average molecular weight is 234 g/mol. The van der Waals surface area contributed by atoms with Gasteiger partial charge in [-0.2, -0.15) is 0 Å². The zero-order chi connectivity index (χ0) is 12.1. The first-order valence-electron chi connectivity index (χ1n) is 6.57. The molecule has 1 saturated heterocycles. The topological polar surface area (TPSA) is 49.8 Å². The molecule has 0 spiro atoms. The summed E-state index contributed by atoms with van der Waals surface area (Å²) in [4.78, 5) is 8.88. The van der Waals surface area contributed by atoms with E-state index in [4.69, 9.17) is 0 Å². The first kappa shape index (κ1) is 12.3. The van der Waals surface area contributed by atoms with Crippen molar-refractivity contribution in [2.24, 2.45) is 5.92 Å². The van der Waals surface area contributed by atoms with E-state index in [2.05, 4.69) is 27.5 Å². The predicted octanol–water partition coefficient (Wildman–Crippen LogP) is 1.76. The number of nitrogens with one attached hydrogen (secondary N) is 2. The summed E-state index contributed by atoms with van der Waals surface area (Å²) >= 11 is 0. The fraction of sp³-hybridized carbons (Fsp3) is 0.692. The quantitative estimate of drug-likeness (QED) is 0.833. The third kappa shape index (κ3) is 3.66. The number of anilines is 1. The maximum absolute atomic E-state index is 4.50. The summed E-state index contributed by atoms with van der Waals surface area (Å²) in [5.74, 6) is 2.68. The van der Waals surface area contributed by atoms with E-state index in [1.165, 1.54) is 12.8 Å². The van der Waals surface area contributed by atoms with Crippen molar-refractivity contribution in [3.63, 3.8) is 0 Å². The van der Waals surface area contributed by atoms with Gasteiger partial charge >= 0.3 is 0 Å². The Balaban J connectivity index is 1.91. The minimum atomic E-state index is 0.775. The lowest BCUT2D eigenvalue weighted by atomic mass is 9.98. The predicted molar refractivity (Wildman–Crippen MR) is 70.2 cm³/mol. The van der Waals surface area contributed by atoms with Crippen LogP contribution in [0.1, 0.15) is 31.3 Å². The molecule has 1 aromatic rings. The number of aryl methyl sites for hydroxylation is 2. The van der Waals surface area contributed by atoms with Crippen LogP contribution in [0.5, 0.6) is 0 Å². The minimum Gasteiger partial charge on any atom is -0.370 e. The summed E-state index contributed by atoms with van der Waals surface area (Å²) in [6, 6.07) is 2.03. The van der Waals surface area contributed by atoms with Crippen molar-refractivity contribution in [1.29, 1.82) is 0 Å². The average Bonchev–Trinajstić information content (AvgIpc) is 2.37. The molecule has 0 atom stereocenters. The van der Waals surface area contributed by atoms with Gasteiger partial charge in [0.2, 0.25) is 0 Å². The van der Waals surface area contributed by atoms with Gasteiger partial charge in [-0.05, 0) is 38.8 Å². The molecule has 0 unspecified atom stereocenters. The molecule has 2 heterocycles. The zero-order valence-electron chi connectivity index (χ0n) is 10.8. The van der Waals surface area contributed by atoms with E-state index in [9.17, 15) is 0 Å². The van der Waals surface area contributed by atoms with E-state index in [0.717, 1.165) is 49.3 Å². The molecule has 94 valence electrons. The van der Waals surface area contributed by atoms with Crippen molar-refractivity contribution in [1.82, 2.24) is 15.3 Å². The van der Waals surface area contributed by atoms with Gasteiger partial charge in [0.15, 0.2) is 0 Å². The Kier molecular flexibility index (Phi) is 4.31. The first-order valence-corrected chi connectivity index (χ1v) is 6.57. The lowest BCUT2D eigenvalue weighted by molar-refractivity contribution is 0.389. The van der Waals surface area contributed by atoms with Crippen LogP contribution in [-0.2, 0) is 6.42 Å².